The lowest BCUT2D eigenvalue weighted by molar-refractivity contribution is -0.114. The molecule has 1 atom stereocenters. The summed E-state index contributed by atoms with van der Waals surface area (Å²) in [5.74, 6) is 0.584. The molecule has 1 aliphatic heterocycles. The predicted octanol–water partition coefficient (Wildman–Crippen LogP) is 5.33. The van der Waals surface area contributed by atoms with Crippen LogP contribution in [0.1, 0.15) is 30.9 Å². The fraction of sp³-hybridized carbons (Fsp3) is 0.261. The Hall–Kier alpha value is -2.81. The van der Waals surface area contributed by atoms with Gasteiger partial charge in [0, 0.05) is 16.9 Å². The highest BCUT2D eigenvalue weighted by molar-refractivity contribution is 6.15. The van der Waals surface area contributed by atoms with Gasteiger partial charge in [-0.25, -0.2) is 0 Å². The molecule has 2 aromatic carbocycles. The van der Waals surface area contributed by atoms with E-state index in [-0.39, 0.29) is 5.91 Å². The second-order valence-corrected chi connectivity index (χ2v) is 7.46. The van der Waals surface area contributed by atoms with E-state index in [1.54, 1.807) is 0 Å². The van der Waals surface area contributed by atoms with E-state index in [0.717, 1.165) is 46.7 Å². The molecule has 1 amide bonds. The first-order valence-corrected chi connectivity index (χ1v) is 9.21. The van der Waals surface area contributed by atoms with Crippen molar-refractivity contribution in [2.75, 3.05) is 10.2 Å². The molecule has 0 spiro atoms. The van der Waals surface area contributed by atoms with Crippen LogP contribution in [-0.4, -0.2) is 5.91 Å². The lowest BCUT2D eigenvalue weighted by atomic mass is 9.90. The Morgan fingerprint density at radius 1 is 1.04 bits per heavy atom. The van der Waals surface area contributed by atoms with Crippen LogP contribution < -0.4 is 10.2 Å². The number of hydrogen-bond donors (Lipinski definition) is 1. The van der Waals surface area contributed by atoms with Crippen LogP contribution in [0.4, 0.5) is 11.4 Å². The maximum Gasteiger partial charge on any atom is 0.279 e. The zero-order valence-corrected chi connectivity index (χ0v) is 15.5. The van der Waals surface area contributed by atoms with Crippen LogP contribution in [-0.2, 0) is 4.79 Å². The van der Waals surface area contributed by atoms with Gasteiger partial charge >= 0.3 is 0 Å². The number of amides is 1. The standard InChI is InChI=1S/C23H24N2O/c1-15-6-4-8-18(12-15)24-22-20-14-17(3)10-11-21(20)25(23(22)26)19-9-5-7-16(2)13-19/h4-9,11-13,17,24H,10,14H2,1-3H3. The van der Waals surface area contributed by atoms with Crippen LogP contribution in [0.2, 0.25) is 0 Å². The Bertz CT molecular complexity index is 939. The second-order valence-electron chi connectivity index (χ2n) is 7.46. The summed E-state index contributed by atoms with van der Waals surface area (Å²) in [4.78, 5) is 15.2. The Morgan fingerprint density at radius 2 is 1.77 bits per heavy atom. The summed E-state index contributed by atoms with van der Waals surface area (Å²) in [5, 5.41) is 3.41. The number of fused-ring (bicyclic) bond motifs is 1. The van der Waals surface area contributed by atoms with Gasteiger partial charge in [0.15, 0.2) is 0 Å². The van der Waals surface area contributed by atoms with Crippen molar-refractivity contribution in [1.82, 2.24) is 0 Å². The van der Waals surface area contributed by atoms with Crippen LogP contribution >= 0.6 is 0 Å². The van der Waals surface area contributed by atoms with Gasteiger partial charge in [-0.15, -0.1) is 0 Å². The molecule has 26 heavy (non-hydrogen) atoms. The van der Waals surface area contributed by atoms with Crippen molar-refractivity contribution in [1.29, 1.82) is 0 Å². The monoisotopic (exact) mass is 344 g/mol. The molecule has 1 aliphatic carbocycles. The van der Waals surface area contributed by atoms with E-state index in [1.165, 1.54) is 5.56 Å². The van der Waals surface area contributed by atoms with E-state index in [1.807, 2.05) is 29.2 Å². The minimum Gasteiger partial charge on any atom is -0.351 e. The Morgan fingerprint density at radius 3 is 2.50 bits per heavy atom. The Kier molecular flexibility index (Phi) is 4.15. The third kappa shape index (κ3) is 2.94. The molecule has 2 aromatic rings. The largest absolute Gasteiger partial charge is 0.351 e. The second kappa shape index (κ2) is 6.49. The van der Waals surface area contributed by atoms with Crippen molar-refractivity contribution in [3.05, 3.63) is 82.7 Å². The summed E-state index contributed by atoms with van der Waals surface area (Å²) in [7, 11) is 0. The van der Waals surface area contributed by atoms with Gasteiger partial charge in [-0.3, -0.25) is 9.69 Å². The summed E-state index contributed by atoms with van der Waals surface area (Å²) in [6, 6.07) is 16.3. The highest BCUT2D eigenvalue weighted by Gasteiger charge is 2.38. The van der Waals surface area contributed by atoms with Gasteiger partial charge in [0.1, 0.15) is 5.70 Å². The normalized spacial score (nSPS) is 19.5. The molecule has 3 heteroatoms. The van der Waals surface area contributed by atoms with E-state index in [0.29, 0.717) is 5.92 Å². The van der Waals surface area contributed by atoms with E-state index in [2.05, 4.69) is 56.4 Å². The molecule has 1 unspecified atom stereocenters. The van der Waals surface area contributed by atoms with Crippen molar-refractivity contribution < 1.29 is 4.79 Å². The first-order chi connectivity index (χ1) is 12.5. The minimum atomic E-state index is 0.0347. The smallest absolute Gasteiger partial charge is 0.279 e. The van der Waals surface area contributed by atoms with Gasteiger partial charge in [0.05, 0.1) is 5.70 Å². The summed E-state index contributed by atoms with van der Waals surface area (Å²) in [6.45, 7) is 6.36. The summed E-state index contributed by atoms with van der Waals surface area (Å²) in [5.41, 5.74) is 7.13. The van der Waals surface area contributed by atoms with Crippen molar-refractivity contribution in [3.63, 3.8) is 0 Å². The highest BCUT2D eigenvalue weighted by atomic mass is 16.2. The van der Waals surface area contributed by atoms with Crippen molar-refractivity contribution in [2.24, 2.45) is 5.92 Å². The molecule has 0 aromatic heterocycles. The number of hydrogen-bond acceptors (Lipinski definition) is 2. The first kappa shape index (κ1) is 16.6. The lowest BCUT2D eigenvalue weighted by Crippen LogP contribution is -2.27. The molecule has 4 rings (SSSR count). The molecule has 3 nitrogen and oxygen atoms in total. The number of nitrogens with one attached hydrogen (secondary N) is 1. The molecule has 0 bridgehead atoms. The maximum absolute atomic E-state index is 13.3. The average molecular weight is 344 g/mol. The SMILES string of the molecule is Cc1cccc(NC2=C3CC(C)CC=C3N(c3cccc(C)c3)C2=O)c1. The number of rotatable bonds is 3. The number of aryl methyl sites for hydroxylation is 2. The van der Waals surface area contributed by atoms with Crippen LogP contribution in [0.15, 0.2) is 71.6 Å². The molecular formula is C23H24N2O. The van der Waals surface area contributed by atoms with E-state index in [9.17, 15) is 4.79 Å². The van der Waals surface area contributed by atoms with Crippen LogP contribution in [0.5, 0.6) is 0 Å². The molecule has 132 valence electrons. The quantitative estimate of drug-likeness (QED) is 0.816. The summed E-state index contributed by atoms with van der Waals surface area (Å²) >= 11 is 0. The maximum atomic E-state index is 13.3. The first-order valence-electron chi connectivity index (χ1n) is 9.21. The molecule has 0 saturated carbocycles. The number of carbonyl (C=O) groups excluding carboxylic acids is 1. The molecule has 2 aliphatic rings. The number of allylic oxidation sites excluding steroid dienone is 2. The topological polar surface area (TPSA) is 32.3 Å². The molecule has 0 fully saturated rings. The lowest BCUT2D eigenvalue weighted by Gasteiger charge is -2.24. The minimum absolute atomic E-state index is 0.0347. The predicted molar refractivity (Wildman–Crippen MR) is 107 cm³/mol. The molecular weight excluding hydrogens is 320 g/mol. The number of benzene rings is 2. The third-order valence-electron chi connectivity index (χ3n) is 5.08. The average Bonchev–Trinajstić information content (AvgIpc) is 2.87. The van der Waals surface area contributed by atoms with Gasteiger partial charge in [-0.2, -0.15) is 0 Å². The highest BCUT2D eigenvalue weighted by Crippen LogP contribution is 2.41. The molecule has 0 radical (unpaired) electrons. The van der Waals surface area contributed by atoms with Crippen molar-refractivity contribution in [2.45, 2.75) is 33.6 Å². The number of carbonyl (C=O) groups is 1. The summed E-state index contributed by atoms with van der Waals surface area (Å²) in [6.07, 6.45) is 4.15. The van der Waals surface area contributed by atoms with Gasteiger partial charge < -0.3 is 5.32 Å². The van der Waals surface area contributed by atoms with E-state index < -0.39 is 0 Å². The van der Waals surface area contributed by atoms with Gasteiger partial charge in [0.25, 0.3) is 5.91 Å². The van der Waals surface area contributed by atoms with Crippen LogP contribution in [0.3, 0.4) is 0 Å². The van der Waals surface area contributed by atoms with E-state index >= 15 is 0 Å². The fourth-order valence-corrected chi connectivity index (χ4v) is 3.80. The van der Waals surface area contributed by atoms with Gasteiger partial charge in [0.2, 0.25) is 0 Å². The van der Waals surface area contributed by atoms with Gasteiger partial charge in [-0.05, 0) is 68.0 Å². The molecule has 1 heterocycles. The van der Waals surface area contributed by atoms with Gasteiger partial charge in [-0.1, -0.05) is 37.3 Å². The molecule has 1 N–H and O–H groups in total. The van der Waals surface area contributed by atoms with Crippen LogP contribution in [0.25, 0.3) is 0 Å². The van der Waals surface area contributed by atoms with Crippen molar-refractivity contribution >= 4 is 17.3 Å². The Balaban J connectivity index is 1.77. The number of nitrogens with zero attached hydrogens (tertiary/aromatic N) is 1. The van der Waals surface area contributed by atoms with Crippen LogP contribution in [0, 0.1) is 19.8 Å². The zero-order valence-electron chi connectivity index (χ0n) is 15.5. The third-order valence-corrected chi connectivity index (χ3v) is 5.08. The summed E-state index contributed by atoms with van der Waals surface area (Å²) < 4.78 is 0. The number of anilines is 2. The zero-order chi connectivity index (χ0) is 18.3. The van der Waals surface area contributed by atoms with Crippen molar-refractivity contribution in [3.8, 4) is 0 Å². The van der Waals surface area contributed by atoms with E-state index in [4.69, 9.17) is 0 Å². The Labute approximate surface area is 155 Å². The molecule has 0 saturated heterocycles. The fourth-order valence-electron chi connectivity index (χ4n) is 3.80.